The lowest BCUT2D eigenvalue weighted by Crippen LogP contribution is -2.35. The summed E-state index contributed by atoms with van der Waals surface area (Å²) in [6.07, 6.45) is 4.33. The zero-order valence-electron chi connectivity index (χ0n) is 16.3. The van der Waals surface area contributed by atoms with E-state index in [0.717, 1.165) is 17.5 Å². The monoisotopic (exact) mass is 401 g/mol. The molecule has 1 aliphatic rings. The number of carbonyl (C=O) groups is 1. The summed E-state index contributed by atoms with van der Waals surface area (Å²) in [7, 11) is -3.34. The molecule has 1 fully saturated rings. The fourth-order valence-electron chi connectivity index (χ4n) is 3.60. The Morgan fingerprint density at radius 1 is 1.07 bits per heavy atom. The highest BCUT2D eigenvalue weighted by molar-refractivity contribution is 7.89. The van der Waals surface area contributed by atoms with Crippen LogP contribution in [0.15, 0.2) is 48.8 Å². The van der Waals surface area contributed by atoms with Gasteiger partial charge in [0.1, 0.15) is 0 Å². The molecule has 150 valence electrons. The molecule has 2 heterocycles. The fourth-order valence-corrected chi connectivity index (χ4v) is 4.75. The van der Waals surface area contributed by atoms with Crippen molar-refractivity contribution in [3.05, 3.63) is 65.5 Å². The van der Waals surface area contributed by atoms with Crippen LogP contribution in [-0.2, 0) is 27.8 Å². The molecule has 0 unspecified atom stereocenters. The van der Waals surface area contributed by atoms with Crippen LogP contribution in [0, 0.1) is 5.92 Å². The van der Waals surface area contributed by atoms with Gasteiger partial charge >= 0.3 is 0 Å². The molecule has 0 spiro atoms. The van der Waals surface area contributed by atoms with Gasteiger partial charge in [0, 0.05) is 37.9 Å². The highest BCUT2D eigenvalue weighted by atomic mass is 32.2. The first-order chi connectivity index (χ1) is 13.4. The van der Waals surface area contributed by atoms with Gasteiger partial charge in [-0.25, -0.2) is 12.7 Å². The van der Waals surface area contributed by atoms with Crippen LogP contribution >= 0.6 is 0 Å². The third kappa shape index (κ3) is 4.59. The van der Waals surface area contributed by atoms with Crippen molar-refractivity contribution in [3.8, 4) is 0 Å². The summed E-state index contributed by atoms with van der Waals surface area (Å²) in [5, 5.41) is 2.99. The molecule has 0 bridgehead atoms. The Hall–Kier alpha value is -2.25. The number of hydrogen-bond donors (Lipinski definition) is 1. The maximum atomic E-state index is 12.9. The van der Waals surface area contributed by atoms with E-state index in [-0.39, 0.29) is 24.1 Å². The van der Waals surface area contributed by atoms with Crippen molar-refractivity contribution in [2.45, 2.75) is 32.7 Å². The van der Waals surface area contributed by atoms with Gasteiger partial charge in [0.05, 0.1) is 11.7 Å². The van der Waals surface area contributed by atoms with Crippen molar-refractivity contribution < 1.29 is 13.2 Å². The minimum Gasteiger partial charge on any atom is -0.352 e. The Kier molecular flexibility index (Phi) is 6.46. The number of nitrogens with zero attached hydrogens (tertiary/aromatic N) is 2. The summed E-state index contributed by atoms with van der Waals surface area (Å²) in [6, 6.07) is 11.9. The number of sulfonamides is 1. The molecule has 1 saturated heterocycles. The Bertz CT molecular complexity index is 898. The van der Waals surface area contributed by atoms with E-state index < -0.39 is 15.9 Å². The zero-order valence-corrected chi connectivity index (χ0v) is 17.2. The molecule has 1 aromatic heterocycles. The van der Waals surface area contributed by atoms with Crippen LogP contribution in [-0.4, -0.2) is 42.5 Å². The summed E-state index contributed by atoms with van der Waals surface area (Å²) in [6.45, 7) is 4.70. The van der Waals surface area contributed by atoms with E-state index in [4.69, 9.17) is 0 Å². The number of nitrogens with one attached hydrogen (secondary N) is 1. The van der Waals surface area contributed by atoms with Crippen LogP contribution in [0.1, 0.15) is 36.5 Å². The molecule has 0 aliphatic carbocycles. The summed E-state index contributed by atoms with van der Waals surface area (Å²) in [5.74, 6) is -0.672. The molecule has 6 nitrogen and oxygen atoms in total. The second-order valence-electron chi connectivity index (χ2n) is 7.10. The average Bonchev–Trinajstić information content (AvgIpc) is 3.19. The van der Waals surface area contributed by atoms with Crippen molar-refractivity contribution in [3.63, 3.8) is 0 Å². The predicted molar refractivity (Wildman–Crippen MR) is 109 cm³/mol. The molecule has 1 N–H and O–H groups in total. The molecule has 2 aromatic rings. The van der Waals surface area contributed by atoms with Gasteiger partial charge in [0.25, 0.3) is 0 Å². The lowest BCUT2D eigenvalue weighted by molar-refractivity contribution is -0.125. The minimum atomic E-state index is -3.34. The molecule has 0 saturated carbocycles. The molecule has 3 rings (SSSR count). The number of amides is 1. The number of aromatic nitrogens is 1. The largest absolute Gasteiger partial charge is 0.352 e. The van der Waals surface area contributed by atoms with Gasteiger partial charge in [-0.1, -0.05) is 31.2 Å². The summed E-state index contributed by atoms with van der Waals surface area (Å²) < 4.78 is 26.2. The second kappa shape index (κ2) is 8.84. The molecular weight excluding hydrogens is 374 g/mol. The lowest BCUT2D eigenvalue weighted by atomic mass is 9.89. The van der Waals surface area contributed by atoms with Crippen LogP contribution in [0.25, 0.3) is 0 Å². The van der Waals surface area contributed by atoms with E-state index >= 15 is 0 Å². The lowest BCUT2D eigenvalue weighted by Gasteiger charge is -2.18. The van der Waals surface area contributed by atoms with Crippen LogP contribution in [0.3, 0.4) is 0 Å². The second-order valence-corrected chi connectivity index (χ2v) is 9.36. The van der Waals surface area contributed by atoms with E-state index in [1.54, 1.807) is 19.3 Å². The zero-order chi connectivity index (χ0) is 20.1. The SMILES string of the molecule is CCc1ccc(CNC(=O)[C@@H]2CN(S(=O)(=O)CC)C[C@H]2c2ccncc2)cc1. The van der Waals surface area contributed by atoms with Crippen molar-refractivity contribution in [1.29, 1.82) is 0 Å². The number of benzene rings is 1. The quantitative estimate of drug-likeness (QED) is 0.772. The number of rotatable bonds is 7. The number of pyridine rings is 1. The Labute approximate surface area is 167 Å². The molecule has 0 radical (unpaired) electrons. The third-order valence-corrected chi connectivity index (χ3v) is 7.23. The molecule has 1 aliphatic heterocycles. The summed E-state index contributed by atoms with van der Waals surface area (Å²) in [5.41, 5.74) is 3.22. The molecule has 28 heavy (non-hydrogen) atoms. The van der Waals surface area contributed by atoms with E-state index in [1.807, 2.05) is 24.3 Å². The fraction of sp³-hybridized carbons (Fsp3) is 0.429. The smallest absolute Gasteiger partial charge is 0.225 e. The number of hydrogen-bond acceptors (Lipinski definition) is 4. The van der Waals surface area contributed by atoms with Crippen molar-refractivity contribution in [2.24, 2.45) is 5.92 Å². The van der Waals surface area contributed by atoms with Gasteiger partial charge in [-0.2, -0.15) is 0 Å². The van der Waals surface area contributed by atoms with Gasteiger partial charge in [-0.15, -0.1) is 0 Å². The first kappa shape index (κ1) is 20.5. The highest BCUT2D eigenvalue weighted by Crippen LogP contribution is 2.34. The minimum absolute atomic E-state index is 0.0359. The first-order valence-electron chi connectivity index (χ1n) is 9.67. The van der Waals surface area contributed by atoms with Gasteiger partial charge < -0.3 is 5.32 Å². The Morgan fingerprint density at radius 2 is 1.71 bits per heavy atom. The molecule has 1 amide bonds. The molecule has 7 heteroatoms. The van der Waals surface area contributed by atoms with Crippen LogP contribution in [0.5, 0.6) is 0 Å². The van der Waals surface area contributed by atoms with E-state index in [9.17, 15) is 13.2 Å². The van der Waals surface area contributed by atoms with Gasteiger partial charge in [0.15, 0.2) is 0 Å². The van der Waals surface area contributed by atoms with Gasteiger partial charge in [-0.05, 0) is 42.2 Å². The third-order valence-electron chi connectivity index (χ3n) is 5.41. The van der Waals surface area contributed by atoms with Gasteiger partial charge in [-0.3, -0.25) is 9.78 Å². The highest BCUT2D eigenvalue weighted by Gasteiger charge is 2.42. The maximum Gasteiger partial charge on any atom is 0.225 e. The standard InChI is InChI=1S/C21H27N3O3S/c1-3-16-5-7-17(8-6-16)13-23-21(25)20-15-24(28(26,27)4-2)14-19(20)18-9-11-22-12-10-18/h5-12,19-20H,3-4,13-15H2,1-2H3,(H,23,25)/t19-,20+/m0/s1. The van der Waals surface area contributed by atoms with E-state index in [1.165, 1.54) is 9.87 Å². The van der Waals surface area contributed by atoms with E-state index in [0.29, 0.717) is 13.1 Å². The maximum absolute atomic E-state index is 12.9. The summed E-state index contributed by atoms with van der Waals surface area (Å²) in [4.78, 5) is 17.0. The van der Waals surface area contributed by atoms with Crippen molar-refractivity contribution in [1.82, 2.24) is 14.6 Å². The van der Waals surface area contributed by atoms with Gasteiger partial charge in [0.2, 0.25) is 15.9 Å². The predicted octanol–water partition coefficient (Wildman–Crippen LogP) is 2.33. The van der Waals surface area contributed by atoms with Crippen LogP contribution in [0.2, 0.25) is 0 Å². The number of aryl methyl sites for hydroxylation is 1. The Morgan fingerprint density at radius 3 is 2.32 bits per heavy atom. The topological polar surface area (TPSA) is 79.4 Å². The average molecular weight is 402 g/mol. The number of carbonyl (C=O) groups excluding carboxylic acids is 1. The Balaban J connectivity index is 1.74. The van der Waals surface area contributed by atoms with E-state index in [2.05, 4.69) is 29.4 Å². The normalized spacial score (nSPS) is 20.2. The molecular formula is C21H27N3O3S. The van der Waals surface area contributed by atoms with Crippen LogP contribution < -0.4 is 5.32 Å². The first-order valence-corrected chi connectivity index (χ1v) is 11.3. The van der Waals surface area contributed by atoms with Crippen LogP contribution in [0.4, 0.5) is 0 Å². The van der Waals surface area contributed by atoms with Crippen molar-refractivity contribution >= 4 is 15.9 Å². The molecule has 1 aromatic carbocycles. The van der Waals surface area contributed by atoms with Crippen molar-refractivity contribution in [2.75, 3.05) is 18.8 Å². The summed E-state index contributed by atoms with van der Waals surface area (Å²) >= 11 is 0. The molecule has 2 atom stereocenters.